The highest BCUT2D eigenvalue weighted by Gasteiger charge is 2.60. The Morgan fingerprint density at radius 2 is 1.79 bits per heavy atom. The number of rotatable bonds is 10. The summed E-state index contributed by atoms with van der Waals surface area (Å²) in [4.78, 5) is 50.0. The summed E-state index contributed by atoms with van der Waals surface area (Å²) in [6.07, 6.45) is -3.28. The van der Waals surface area contributed by atoms with Crippen molar-refractivity contribution in [3.63, 3.8) is 0 Å². The van der Waals surface area contributed by atoms with Gasteiger partial charge in [-0.1, -0.05) is 25.9 Å². The van der Waals surface area contributed by atoms with Crippen LogP contribution in [0.4, 0.5) is 9.18 Å². The number of aliphatic hydroxyl groups excluding tert-OH is 1. The monoisotopic (exact) mass is 742 g/mol. The third-order valence-electron chi connectivity index (χ3n) is 11.5. The first kappa shape index (κ1) is 43.8. The summed E-state index contributed by atoms with van der Waals surface area (Å²) in [6, 6.07) is -1.29. The zero-order valence-corrected chi connectivity index (χ0v) is 33.2. The highest BCUT2D eigenvalue weighted by Crippen LogP contribution is 2.42. The number of carbonyl (C=O) groups is 3. The number of amides is 1. The van der Waals surface area contributed by atoms with Gasteiger partial charge in [-0.2, -0.15) is 0 Å². The van der Waals surface area contributed by atoms with E-state index in [0.717, 1.165) is 6.92 Å². The molecular formula is C36H63FN6O9. The molecule has 3 rings (SSSR count). The SMILES string of the molecule is CC[C@H]1OC(=O)[C@@](C)(F)C(=O)[C@H](C)[C@@H](O[C@@H]2O[C@H](C)CC(N(C)C)[C@H]2O)[C@](C)(OC)C[C@@H](C)CN(C)[C@H](C)[C@H]2N(CCCCN=[N+]=[N-])C(=O)O[C@]12C. The van der Waals surface area contributed by atoms with Gasteiger partial charge in [0, 0.05) is 49.7 Å². The van der Waals surface area contributed by atoms with E-state index in [0.29, 0.717) is 32.2 Å². The number of halogens is 1. The van der Waals surface area contributed by atoms with Crippen molar-refractivity contribution in [2.45, 2.75) is 153 Å². The highest BCUT2D eigenvalue weighted by atomic mass is 19.1. The molecule has 1 unspecified atom stereocenters. The minimum Gasteiger partial charge on any atom is -0.455 e. The van der Waals surface area contributed by atoms with Gasteiger partial charge in [-0.25, -0.2) is 14.0 Å². The molecule has 3 aliphatic rings. The summed E-state index contributed by atoms with van der Waals surface area (Å²) < 4.78 is 47.5. The van der Waals surface area contributed by atoms with Gasteiger partial charge in [-0.15, -0.1) is 0 Å². The standard InChI is InChI=1S/C36H63FN6O9/c1-13-26-36(8)28(43(33(47)52-36)17-15-14-16-39-40-38)24(5)42(11)20-21(2)19-34(6,48-12)30(23(4)29(45)35(7,37)32(46)50-26)51-31-27(44)25(41(9)10)18-22(3)49-31/h21-28,30-31,44H,13-20H2,1-12H3/t21-,22-,23+,24-,25?,26-,27-,28-,30-,31+,34-,35+,36-/m1/s1. The number of unbranched alkanes of at least 4 members (excludes halogenated alkanes) is 1. The molecule has 0 aromatic heterocycles. The van der Waals surface area contributed by atoms with Crippen LogP contribution in [0.1, 0.15) is 87.5 Å². The summed E-state index contributed by atoms with van der Waals surface area (Å²) in [5, 5.41) is 15.0. The molecular weight excluding hydrogens is 679 g/mol. The predicted octanol–water partition coefficient (Wildman–Crippen LogP) is 4.49. The molecule has 0 aromatic rings. The summed E-state index contributed by atoms with van der Waals surface area (Å²) in [7, 11) is 7.13. The first-order valence-corrected chi connectivity index (χ1v) is 18.6. The van der Waals surface area contributed by atoms with Crippen LogP contribution in [0.2, 0.25) is 0 Å². The maximum Gasteiger partial charge on any atom is 0.410 e. The van der Waals surface area contributed by atoms with Crippen molar-refractivity contribution >= 4 is 17.8 Å². The molecule has 0 aliphatic carbocycles. The number of hydrogen-bond acceptors (Lipinski definition) is 12. The van der Waals surface area contributed by atoms with Gasteiger partial charge in [0.25, 0.3) is 5.67 Å². The van der Waals surface area contributed by atoms with Crippen LogP contribution in [-0.2, 0) is 33.3 Å². The molecule has 52 heavy (non-hydrogen) atoms. The van der Waals surface area contributed by atoms with Gasteiger partial charge in [0.05, 0.1) is 23.9 Å². The van der Waals surface area contributed by atoms with E-state index >= 15 is 4.39 Å². The fraction of sp³-hybridized carbons (Fsp3) is 0.917. The number of nitrogens with zero attached hydrogens (tertiary/aromatic N) is 6. The Kier molecular flexibility index (Phi) is 14.9. The van der Waals surface area contributed by atoms with Crippen LogP contribution in [0, 0.1) is 11.8 Å². The molecule has 1 N–H and O–H groups in total. The Morgan fingerprint density at radius 3 is 2.37 bits per heavy atom. The average Bonchev–Trinajstić information content (AvgIpc) is 3.34. The fourth-order valence-corrected chi connectivity index (χ4v) is 8.54. The number of ketones is 1. The minimum absolute atomic E-state index is 0.0974. The molecule has 0 saturated carbocycles. The Hall–Kier alpha value is -2.59. The molecule has 0 spiro atoms. The first-order chi connectivity index (χ1) is 24.2. The number of likely N-dealkylation sites (N-methyl/N-ethyl adjacent to an activating group) is 2. The average molecular weight is 743 g/mol. The normalized spacial score (nSPS) is 41.4. The van der Waals surface area contributed by atoms with Gasteiger partial charge in [0.2, 0.25) is 0 Å². The molecule has 0 aromatic carbocycles. The summed E-state index contributed by atoms with van der Waals surface area (Å²) in [6.45, 7) is 14.5. The van der Waals surface area contributed by atoms with E-state index in [-0.39, 0.29) is 43.6 Å². The number of alkyl halides is 1. The molecule has 3 fully saturated rings. The quantitative estimate of drug-likeness (QED) is 0.0834. The van der Waals surface area contributed by atoms with Crippen molar-refractivity contribution in [2.75, 3.05) is 47.9 Å². The van der Waals surface area contributed by atoms with Crippen LogP contribution < -0.4 is 0 Å². The predicted molar refractivity (Wildman–Crippen MR) is 191 cm³/mol. The van der Waals surface area contributed by atoms with Gasteiger partial charge in [0.1, 0.15) is 12.2 Å². The second kappa shape index (κ2) is 17.7. The summed E-state index contributed by atoms with van der Waals surface area (Å²) >= 11 is 0. The topological polar surface area (TPSA) is 176 Å². The van der Waals surface area contributed by atoms with E-state index in [2.05, 4.69) is 14.9 Å². The van der Waals surface area contributed by atoms with E-state index in [1.807, 2.05) is 46.8 Å². The fourth-order valence-electron chi connectivity index (χ4n) is 8.54. The molecule has 3 heterocycles. The number of fused-ring (bicyclic) bond motifs is 1. The third kappa shape index (κ3) is 9.19. The second-order valence-electron chi connectivity index (χ2n) is 15.9. The Bertz CT molecular complexity index is 1300. The highest BCUT2D eigenvalue weighted by molar-refractivity contribution is 6.07. The number of carbonyl (C=O) groups excluding carboxylic acids is 3. The first-order valence-electron chi connectivity index (χ1n) is 18.6. The van der Waals surface area contributed by atoms with Crippen LogP contribution in [0.3, 0.4) is 0 Å². The zero-order chi connectivity index (χ0) is 39.3. The second-order valence-corrected chi connectivity index (χ2v) is 15.9. The molecule has 298 valence electrons. The number of azide groups is 1. The third-order valence-corrected chi connectivity index (χ3v) is 11.5. The van der Waals surface area contributed by atoms with Crippen LogP contribution in [0.25, 0.3) is 10.4 Å². The van der Waals surface area contributed by atoms with Crippen LogP contribution in [-0.4, -0.2) is 151 Å². The summed E-state index contributed by atoms with van der Waals surface area (Å²) in [5.41, 5.74) is 2.92. The van der Waals surface area contributed by atoms with E-state index in [1.165, 1.54) is 14.0 Å². The van der Waals surface area contributed by atoms with Gasteiger partial charge in [0.15, 0.2) is 17.7 Å². The van der Waals surface area contributed by atoms with Crippen molar-refractivity contribution in [3.8, 4) is 0 Å². The molecule has 13 atom stereocenters. The number of Topliss-reactive ketones (excluding diaryl/α,β-unsaturated/α-hetero) is 1. The van der Waals surface area contributed by atoms with E-state index < -0.39 is 71.3 Å². The number of methoxy groups -OCH3 is 1. The molecule has 1 amide bonds. The smallest absolute Gasteiger partial charge is 0.410 e. The molecule has 0 radical (unpaired) electrons. The number of aliphatic hydroxyl groups is 1. The van der Waals surface area contributed by atoms with E-state index in [4.69, 9.17) is 29.2 Å². The van der Waals surface area contributed by atoms with E-state index in [9.17, 15) is 19.5 Å². The number of hydrogen-bond donors (Lipinski definition) is 1. The summed E-state index contributed by atoms with van der Waals surface area (Å²) in [5.74, 6) is -3.85. The van der Waals surface area contributed by atoms with Gasteiger partial charge in [-0.05, 0) is 99.3 Å². The maximum atomic E-state index is 16.8. The van der Waals surface area contributed by atoms with Crippen molar-refractivity contribution in [2.24, 2.45) is 17.0 Å². The van der Waals surface area contributed by atoms with Crippen LogP contribution in [0.5, 0.6) is 0 Å². The Balaban J connectivity index is 2.11. The van der Waals surface area contributed by atoms with Gasteiger partial charge in [-0.3, -0.25) is 9.69 Å². The lowest BCUT2D eigenvalue weighted by molar-refractivity contribution is -0.295. The zero-order valence-electron chi connectivity index (χ0n) is 33.2. The molecule has 3 aliphatic heterocycles. The number of cyclic esters (lactones) is 1. The van der Waals surface area contributed by atoms with Gasteiger partial charge < -0.3 is 38.6 Å². The minimum atomic E-state index is -3.13. The van der Waals surface area contributed by atoms with E-state index in [1.54, 1.807) is 25.7 Å². The number of esters is 1. The molecule has 0 bridgehead atoms. The lowest BCUT2D eigenvalue weighted by Crippen LogP contribution is -2.61. The van der Waals surface area contributed by atoms with Crippen molar-refractivity contribution in [3.05, 3.63) is 10.4 Å². The van der Waals surface area contributed by atoms with Crippen LogP contribution in [0.15, 0.2) is 5.11 Å². The Labute approximate surface area is 308 Å². The Morgan fingerprint density at radius 1 is 1.13 bits per heavy atom. The lowest BCUT2D eigenvalue weighted by atomic mass is 9.77. The largest absolute Gasteiger partial charge is 0.455 e. The molecule has 3 saturated heterocycles. The van der Waals surface area contributed by atoms with Gasteiger partial charge >= 0.3 is 12.1 Å². The molecule has 16 heteroatoms. The lowest BCUT2D eigenvalue weighted by Gasteiger charge is -2.47. The molecule has 15 nitrogen and oxygen atoms in total. The number of ether oxygens (including phenoxy) is 5. The maximum absolute atomic E-state index is 16.8. The van der Waals surface area contributed by atoms with Crippen molar-refractivity contribution in [1.82, 2.24) is 14.7 Å². The van der Waals surface area contributed by atoms with Crippen molar-refractivity contribution in [1.29, 1.82) is 0 Å². The van der Waals surface area contributed by atoms with Crippen molar-refractivity contribution < 1.29 is 47.6 Å². The van der Waals surface area contributed by atoms with Crippen LogP contribution >= 0.6 is 0 Å².